The molecule has 0 bridgehead atoms. The van der Waals surface area contributed by atoms with Crippen molar-refractivity contribution in [2.24, 2.45) is 0 Å². The summed E-state index contributed by atoms with van der Waals surface area (Å²) in [6.45, 7) is 43.7. The van der Waals surface area contributed by atoms with Crippen molar-refractivity contribution >= 4 is 102 Å². The molecule has 2 heteroatoms. The molecule has 0 unspecified atom stereocenters. The summed E-state index contributed by atoms with van der Waals surface area (Å²) in [6, 6.07) is 62.3. The van der Waals surface area contributed by atoms with Gasteiger partial charge < -0.3 is 0 Å². The second-order valence-electron chi connectivity index (χ2n) is 30.1. The first-order chi connectivity index (χ1) is 39.4. The van der Waals surface area contributed by atoms with Gasteiger partial charge in [0.05, 0.1) is 0 Å². The third-order valence-corrected chi connectivity index (χ3v) is 33.2. The largest absolute Gasteiger partial charge is 0.154 e. The highest BCUT2D eigenvalue weighted by Gasteiger charge is 2.60. The monoisotopic (exact) mass is 1120 g/mol. The summed E-state index contributed by atoms with van der Waals surface area (Å²) in [5.74, 6) is 23.1. The molecule has 11 aromatic carbocycles. The summed E-state index contributed by atoms with van der Waals surface area (Å²) in [5, 5.41) is 18.7. The molecule has 11 rings (SSSR count). The second kappa shape index (κ2) is 20.5. The number of fused-ring (bicyclic) bond motifs is 8. The second-order valence-corrected chi connectivity index (χ2v) is 42.6. The lowest BCUT2D eigenvalue weighted by Gasteiger charge is -2.55. The van der Waals surface area contributed by atoms with Crippen molar-refractivity contribution in [3.63, 3.8) is 0 Å². The number of hydrogen-bond donors (Lipinski definition) is 0. The van der Waals surface area contributed by atoms with Gasteiger partial charge in [0, 0.05) is 33.4 Å². The van der Waals surface area contributed by atoms with E-state index in [1.54, 1.807) is 0 Å². The van der Waals surface area contributed by atoms with Gasteiger partial charge in [0.2, 0.25) is 0 Å². The molecule has 0 heterocycles. The zero-order valence-corrected chi connectivity index (χ0v) is 55.2. The molecule has 0 amide bonds. The van der Waals surface area contributed by atoms with Gasteiger partial charge in [0.15, 0.2) is 16.1 Å². The van der Waals surface area contributed by atoms with E-state index in [4.69, 9.17) is 0 Å². The Hall–Kier alpha value is -7.83. The van der Waals surface area contributed by atoms with E-state index in [1.165, 1.54) is 43.1 Å². The van der Waals surface area contributed by atoms with Crippen molar-refractivity contribution < 1.29 is 0 Å². The fourth-order valence-electron chi connectivity index (χ4n) is 16.8. The lowest BCUT2D eigenvalue weighted by Crippen LogP contribution is -2.57. The van der Waals surface area contributed by atoms with Crippen molar-refractivity contribution in [1.82, 2.24) is 0 Å². The van der Waals surface area contributed by atoms with Crippen molar-refractivity contribution in [3.8, 4) is 46.6 Å². The van der Waals surface area contributed by atoms with E-state index in [0.29, 0.717) is 0 Å². The third-order valence-electron chi connectivity index (χ3n) is 18.7. The Balaban J connectivity index is 1.10. The first-order valence-corrected chi connectivity index (χ1v) is 34.2. The van der Waals surface area contributed by atoms with Gasteiger partial charge in [-0.3, -0.25) is 0 Å². The van der Waals surface area contributed by atoms with Crippen LogP contribution >= 0.6 is 0 Å². The van der Waals surface area contributed by atoms with E-state index >= 15 is 0 Å². The molecule has 0 aromatic heterocycles. The van der Waals surface area contributed by atoms with E-state index in [9.17, 15) is 0 Å². The van der Waals surface area contributed by atoms with Crippen LogP contribution in [0, 0.1) is 46.6 Å². The molecule has 0 aliphatic heterocycles. The summed E-state index contributed by atoms with van der Waals surface area (Å²) in [6.07, 6.45) is 0. The Bertz CT molecular complexity index is 4210. The van der Waals surface area contributed by atoms with E-state index < -0.39 is 16.1 Å². The zero-order chi connectivity index (χ0) is 60.2. The summed E-state index contributed by atoms with van der Waals surface area (Å²) in [7, 11) is -4.89. The fourth-order valence-corrected chi connectivity index (χ4v) is 33.2. The Kier molecular flexibility index (Phi) is 14.1. The summed E-state index contributed by atoms with van der Waals surface area (Å²) in [5.41, 5.74) is 14.6. The van der Waals surface area contributed by atoms with Crippen LogP contribution in [0.25, 0.3) is 86.2 Å². The quantitative estimate of drug-likeness (QED) is 0.0806. The van der Waals surface area contributed by atoms with Crippen molar-refractivity contribution in [3.05, 3.63) is 203 Å². The first-order valence-electron chi connectivity index (χ1n) is 30.2. The van der Waals surface area contributed by atoms with Crippen LogP contribution in [-0.4, -0.2) is 16.1 Å². The lowest BCUT2D eigenvalue weighted by molar-refractivity contribution is 0.548. The minimum absolute atomic E-state index is 0.0164. The molecule has 0 fully saturated rings. The summed E-state index contributed by atoms with van der Waals surface area (Å²) >= 11 is 0. The van der Waals surface area contributed by atoms with Crippen molar-refractivity contribution in [2.75, 3.05) is 0 Å². The minimum atomic E-state index is -2.44. The van der Waals surface area contributed by atoms with Crippen LogP contribution in [-0.2, 0) is 0 Å². The average Bonchev–Trinajstić information content (AvgIpc) is 0.956. The third kappa shape index (κ3) is 9.72. The Morgan fingerprint density at radius 1 is 0.214 bits per heavy atom. The lowest BCUT2D eigenvalue weighted by atomic mass is 9.88. The molecular formula is C82H82Si2. The van der Waals surface area contributed by atoms with Crippen LogP contribution in [0.2, 0.25) is 30.2 Å². The fraction of sp³-hybridized carbons (Fsp3) is 0.293. The molecule has 0 atom stereocenters. The molecule has 0 spiro atoms. The standard InChI is InChI=1S/C82H82Si2/c1-77(2,3)83(78(4,5)6,79(7,8)9)45-43-67-73-51-61-31-23-19-27-57(61)47-69(73)65(70-48-58-28-20-24-32-62(58)52-74(67)70)41-39-55-35-37-56(38-36-55)40-42-66-71-49-59-29-21-25-33-63(59)53-75(71)68(76-54-64-34-26-22-30-60(64)50-72(66)76)44-46-84(80(10,11)12,81(13,14)15)82(16,17)18/h19-38,47-54H,1-18H3. The number of benzene rings is 11. The van der Waals surface area contributed by atoms with Crippen molar-refractivity contribution in [1.29, 1.82) is 0 Å². The molecule has 0 saturated heterocycles. The Morgan fingerprint density at radius 2 is 0.381 bits per heavy atom. The predicted molar refractivity (Wildman–Crippen MR) is 375 cm³/mol. The van der Waals surface area contributed by atoms with Gasteiger partial charge in [-0.15, -0.1) is 11.1 Å². The van der Waals surface area contributed by atoms with Crippen LogP contribution in [0.3, 0.4) is 0 Å². The smallest absolute Gasteiger partial charge is 0.124 e. The van der Waals surface area contributed by atoms with Crippen LogP contribution < -0.4 is 0 Å². The SMILES string of the molecule is CC(C)(C)[Si](C#Cc1c2cc3ccccc3cc2c(C#Cc2ccc(C#Cc3c4cc5ccccc5cc4c(C#C[Si](C(C)(C)C)(C(C)(C)C)C(C)(C)C)c4cc5ccccc5cc34)cc2)c2cc3ccccc3cc12)(C(C)(C)C)C(C)(C)C. The molecular weight excluding hydrogens is 1040 g/mol. The highest BCUT2D eigenvalue weighted by Crippen LogP contribution is 2.63. The van der Waals surface area contributed by atoms with Gasteiger partial charge in [0.25, 0.3) is 0 Å². The van der Waals surface area contributed by atoms with Gasteiger partial charge in [-0.2, -0.15) is 0 Å². The number of hydrogen-bond acceptors (Lipinski definition) is 0. The topological polar surface area (TPSA) is 0 Å². The molecule has 418 valence electrons. The first kappa shape index (κ1) is 58.0. The molecule has 0 aliphatic rings. The van der Waals surface area contributed by atoms with E-state index in [2.05, 4.69) is 341 Å². The summed E-state index contributed by atoms with van der Waals surface area (Å²) < 4.78 is 0. The molecule has 11 aromatic rings. The molecule has 84 heavy (non-hydrogen) atoms. The van der Waals surface area contributed by atoms with Gasteiger partial charge in [-0.05, 0) is 189 Å². The highest BCUT2D eigenvalue weighted by molar-refractivity contribution is 6.95. The maximum absolute atomic E-state index is 4.25. The Morgan fingerprint density at radius 3 is 0.548 bits per heavy atom. The maximum atomic E-state index is 4.25. The molecule has 0 aliphatic carbocycles. The van der Waals surface area contributed by atoms with Crippen LogP contribution in [0.5, 0.6) is 0 Å². The van der Waals surface area contributed by atoms with Crippen LogP contribution in [0.15, 0.2) is 170 Å². The van der Waals surface area contributed by atoms with E-state index in [-0.39, 0.29) is 30.2 Å². The van der Waals surface area contributed by atoms with Gasteiger partial charge in [0.1, 0.15) is 0 Å². The molecule has 0 saturated carbocycles. The van der Waals surface area contributed by atoms with Gasteiger partial charge >= 0.3 is 0 Å². The summed E-state index contributed by atoms with van der Waals surface area (Å²) in [4.78, 5) is 0. The highest BCUT2D eigenvalue weighted by atomic mass is 28.3. The van der Waals surface area contributed by atoms with Crippen LogP contribution in [0.4, 0.5) is 0 Å². The minimum Gasteiger partial charge on any atom is -0.124 e. The van der Waals surface area contributed by atoms with Gasteiger partial charge in [-0.1, -0.05) is 257 Å². The van der Waals surface area contributed by atoms with Crippen LogP contribution in [0.1, 0.15) is 158 Å². The maximum Gasteiger partial charge on any atom is 0.154 e. The zero-order valence-electron chi connectivity index (χ0n) is 53.2. The van der Waals surface area contributed by atoms with Gasteiger partial charge in [-0.25, -0.2) is 0 Å². The van der Waals surface area contributed by atoms with E-state index in [0.717, 1.165) is 76.5 Å². The predicted octanol–water partition coefficient (Wildman–Crippen LogP) is 23.2. The average molecular weight is 1120 g/mol. The Labute approximate surface area is 503 Å². The molecule has 0 N–H and O–H groups in total. The van der Waals surface area contributed by atoms with E-state index in [1.807, 2.05) is 0 Å². The van der Waals surface area contributed by atoms with Crippen molar-refractivity contribution in [2.45, 2.75) is 155 Å². The molecule has 0 radical (unpaired) electrons. The molecule has 0 nitrogen and oxygen atoms in total. The normalized spacial score (nSPS) is 13.0. The number of rotatable bonds is 0.